The predicted molar refractivity (Wildman–Crippen MR) is 146 cm³/mol. The van der Waals surface area contributed by atoms with Crippen LogP contribution in [0.3, 0.4) is 0 Å². The molecule has 4 aromatic rings. The number of quaternary nitrogens is 1. The number of aromatic nitrogens is 1. The molecule has 0 saturated carbocycles. The average Bonchev–Trinajstić information content (AvgIpc) is 3.31. The number of urea groups is 1. The molecule has 0 aliphatic carbocycles. The minimum absolute atomic E-state index is 0.000978. The summed E-state index contributed by atoms with van der Waals surface area (Å²) >= 11 is 0. The Morgan fingerprint density at radius 1 is 0.974 bits per heavy atom. The summed E-state index contributed by atoms with van der Waals surface area (Å²) in [5.74, 6) is 0.514. The summed E-state index contributed by atoms with van der Waals surface area (Å²) in [6, 6.07) is 18.5. The monoisotopic (exact) mass is 530 g/mol. The number of hydrogen-bond acceptors (Lipinski definition) is 6. The summed E-state index contributed by atoms with van der Waals surface area (Å²) in [4.78, 5) is 32.1. The van der Waals surface area contributed by atoms with Gasteiger partial charge >= 0.3 is 6.03 Å². The molecule has 3 amide bonds. The molecule has 5 rings (SSSR count). The number of hydrogen-bond donors (Lipinski definition) is 0. The van der Waals surface area contributed by atoms with Crippen LogP contribution >= 0.6 is 0 Å². The van der Waals surface area contributed by atoms with Crippen molar-refractivity contribution in [3.05, 3.63) is 84.3 Å². The van der Waals surface area contributed by atoms with Gasteiger partial charge in [-0.2, -0.15) is 0 Å². The van der Waals surface area contributed by atoms with Gasteiger partial charge in [-0.1, -0.05) is 30.3 Å². The first-order valence-electron chi connectivity index (χ1n) is 12.6. The van der Waals surface area contributed by atoms with Crippen molar-refractivity contribution in [1.29, 1.82) is 0 Å². The average molecular weight is 531 g/mol. The van der Waals surface area contributed by atoms with E-state index in [4.69, 9.17) is 14.2 Å². The van der Waals surface area contributed by atoms with Gasteiger partial charge < -0.3 is 14.2 Å². The largest absolute Gasteiger partial charge is 0.493 e. The van der Waals surface area contributed by atoms with E-state index in [0.717, 1.165) is 5.56 Å². The molecule has 1 fully saturated rings. The second-order valence-electron chi connectivity index (χ2n) is 9.25. The fourth-order valence-electron chi connectivity index (χ4n) is 5.00. The molecular weight excluding hydrogens is 501 g/mol. The zero-order valence-electron chi connectivity index (χ0n) is 22.0. The first-order valence-corrected chi connectivity index (χ1v) is 12.6. The van der Waals surface area contributed by atoms with Gasteiger partial charge in [0.15, 0.2) is 23.1 Å². The predicted octanol–water partition coefficient (Wildman–Crippen LogP) is 5.72. The summed E-state index contributed by atoms with van der Waals surface area (Å²) in [7, 11) is 3.07. The van der Waals surface area contributed by atoms with Gasteiger partial charge in [0.25, 0.3) is 0 Å². The number of halogens is 1. The lowest BCUT2D eigenvalue weighted by Crippen LogP contribution is -2.53. The van der Waals surface area contributed by atoms with Crippen LogP contribution < -0.4 is 18.7 Å². The first-order chi connectivity index (χ1) is 18.9. The number of pyridine rings is 1. The maximum absolute atomic E-state index is 15.4. The van der Waals surface area contributed by atoms with Crippen LogP contribution in [0.25, 0.3) is 10.9 Å². The molecule has 0 N–H and O–H groups in total. The Morgan fingerprint density at radius 3 is 2.41 bits per heavy atom. The summed E-state index contributed by atoms with van der Waals surface area (Å²) in [6.07, 6.45) is 1.70. The Hall–Kier alpha value is -4.50. The highest BCUT2D eigenvalue weighted by molar-refractivity contribution is 6.02. The number of benzene rings is 3. The fourth-order valence-corrected chi connectivity index (χ4v) is 5.00. The summed E-state index contributed by atoms with van der Waals surface area (Å²) in [5.41, 5.74) is 1.90. The maximum atomic E-state index is 15.4. The molecule has 0 bridgehead atoms. The van der Waals surface area contributed by atoms with Crippen molar-refractivity contribution < 1.29 is 28.2 Å². The molecule has 9 heteroatoms. The lowest BCUT2D eigenvalue weighted by molar-refractivity contribution is -0.126. The van der Waals surface area contributed by atoms with Gasteiger partial charge in [-0.25, -0.2) is 18.6 Å². The van der Waals surface area contributed by atoms with Gasteiger partial charge in [0.05, 0.1) is 39.2 Å². The number of carbonyl (C=O) groups is 2. The molecule has 2 heterocycles. The molecule has 1 unspecified atom stereocenters. The van der Waals surface area contributed by atoms with Crippen molar-refractivity contribution in [3.8, 4) is 23.0 Å². The Labute approximate surface area is 225 Å². The minimum atomic E-state index is -0.620. The van der Waals surface area contributed by atoms with Crippen LogP contribution in [0, 0.1) is 5.82 Å². The Kier molecular flexibility index (Phi) is 7.17. The van der Waals surface area contributed by atoms with Gasteiger partial charge in [0.1, 0.15) is 18.0 Å². The zero-order valence-corrected chi connectivity index (χ0v) is 22.0. The molecule has 1 aromatic heterocycles. The second kappa shape index (κ2) is 10.7. The van der Waals surface area contributed by atoms with Gasteiger partial charge in [0, 0.05) is 29.8 Å². The molecule has 3 aromatic carbocycles. The van der Waals surface area contributed by atoms with Gasteiger partial charge in [-0.15, -0.1) is 0 Å². The van der Waals surface area contributed by atoms with E-state index in [0.29, 0.717) is 46.9 Å². The summed E-state index contributed by atoms with van der Waals surface area (Å²) in [6.45, 7) is 2.87. The van der Waals surface area contributed by atoms with E-state index in [-0.39, 0.29) is 35.1 Å². The van der Waals surface area contributed by atoms with E-state index in [1.165, 1.54) is 31.3 Å². The Bertz CT molecular complexity index is 1540. The standard InChI is InChI=1S/C30H29FN3O5/c1-4-34(15-14-33(30(34)36)29(35)16-20-8-6-5-7-9-20)21-10-11-26(23(31)17-21)39-25-12-13-32-24-19-28(38-3)27(37-2)18-22(24)25/h5-13,17-19H,4,14-16H2,1-3H3/q+1. The molecule has 200 valence electrons. The van der Waals surface area contributed by atoms with Gasteiger partial charge in [-0.3, -0.25) is 9.78 Å². The minimum Gasteiger partial charge on any atom is -0.493 e. The highest BCUT2D eigenvalue weighted by Crippen LogP contribution is 2.39. The molecule has 0 radical (unpaired) electrons. The van der Waals surface area contributed by atoms with Crippen molar-refractivity contribution in [1.82, 2.24) is 14.4 Å². The smallest absolute Gasteiger partial charge is 0.431 e. The van der Waals surface area contributed by atoms with Crippen LogP contribution in [0.5, 0.6) is 23.0 Å². The van der Waals surface area contributed by atoms with E-state index < -0.39 is 5.82 Å². The SMILES string of the molecule is CC[N+]1(c2ccc(Oc3ccnc4cc(OC)c(OC)cc34)c(F)c2)CCN(C(=O)Cc2ccccc2)C1=O. The van der Waals surface area contributed by atoms with Crippen LogP contribution in [0.15, 0.2) is 72.9 Å². The maximum Gasteiger partial charge on any atom is 0.431 e. The number of likely N-dealkylation sites (N-methyl/N-ethyl adjacent to an activating group) is 1. The van der Waals surface area contributed by atoms with E-state index in [2.05, 4.69) is 4.98 Å². The number of imide groups is 1. The van der Waals surface area contributed by atoms with Crippen LogP contribution in [0.4, 0.5) is 14.9 Å². The third kappa shape index (κ3) is 4.77. The van der Waals surface area contributed by atoms with Crippen LogP contribution in [-0.4, -0.2) is 55.7 Å². The highest BCUT2D eigenvalue weighted by atomic mass is 19.1. The third-order valence-corrected chi connectivity index (χ3v) is 7.18. The number of fused-ring (bicyclic) bond motifs is 1. The van der Waals surface area contributed by atoms with E-state index in [1.54, 1.807) is 30.5 Å². The van der Waals surface area contributed by atoms with Crippen molar-refractivity contribution in [2.45, 2.75) is 13.3 Å². The van der Waals surface area contributed by atoms with Crippen molar-refractivity contribution >= 4 is 28.5 Å². The second-order valence-corrected chi connectivity index (χ2v) is 9.25. The fraction of sp³-hybridized carbons (Fsp3) is 0.233. The summed E-state index contributed by atoms with van der Waals surface area (Å²) < 4.78 is 32.0. The Balaban J connectivity index is 1.41. The first kappa shape index (κ1) is 26.1. The molecule has 1 atom stereocenters. The third-order valence-electron chi connectivity index (χ3n) is 7.18. The van der Waals surface area contributed by atoms with Crippen molar-refractivity contribution in [2.24, 2.45) is 0 Å². The molecule has 1 aliphatic heterocycles. The van der Waals surface area contributed by atoms with Crippen LogP contribution in [0.1, 0.15) is 12.5 Å². The number of rotatable bonds is 8. The Morgan fingerprint density at radius 2 is 1.72 bits per heavy atom. The lowest BCUT2D eigenvalue weighted by Gasteiger charge is -2.29. The normalized spacial score (nSPS) is 16.9. The molecular formula is C30H29FN3O5+. The topological polar surface area (TPSA) is 78.0 Å². The molecule has 8 nitrogen and oxygen atoms in total. The van der Waals surface area contributed by atoms with Crippen LogP contribution in [0.2, 0.25) is 0 Å². The van der Waals surface area contributed by atoms with Crippen molar-refractivity contribution in [2.75, 3.05) is 33.9 Å². The number of amides is 3. The number of methoxy groups -OCH3 is 2. The molecule has 39 heavy (non-hydrogen) atoms. The lowest BCUT2D eigenvalue weighted by atomic mass is 10.1. The number of carbonyl (C=O) groups excluding carboxylic acids is 2. The van der Waals surface area contributed by atoms with E-state index in [9.17, 15) is 9.59 Å². The van der Waals surface area contributed by atoms with E-state index >= 15 is 4.39 Å². The summed E-state index contributed by atoms with van der Waals surface area (Å²) in [5, 5.41) is 0.623. The molecule has 1 saturated heterocycles. The highest BCUT2D eigenvalue weighted by Gasteiger charge is 2.50. The quantitative estimate of drug-likeness (QED) is 0.272. The van der Waals surface area contributed by atoms with Gasteiger partial charge in [-0.05, 0) is 30.7 Å². The number of nitrogens with zero attached hydrogens (tertiary/aromatic N) is 3. The van der Waals surface area contributed by atoms with E-state index in [1.807, 2.05) is 37.3 Å². The zero-order chi connectivity index (χ0) is 27.6. The van der Waals surface area contributed by atoms with Crippen molar-refractivity contribution in [3.63, 3.8) is 0 Å². The molecule has 0 spiro atoms. The molecule has 1 aliphatic rings. The number of ether oxygens (including phenoxy) is 3. The van der Waals surface area contributed by atoms with Gasteiger partial charge in [0.2, 0.25) is 5.91 Å². The van der Waals surface area contributed by atoms with Crippen LogP contribution in [-0.2, 0) is 11.2 Å².